The fourth-order valence-corrected chi connectivity index (χ4v) is 6.83. The van der Waals surface area contributed by atoms with Gasteiger partial charge in [-0.2, -0.15) is 0 Å². The Morgan fingerprint density at radius 1 is 0.306 bits per heavy atom. The number of aromatic nitrogens is 3. The minimum Gasteiger partial charge on any atom is -0.309 e. The summed E-state index contributed by atoms with van der Waals surface area (Å²) in [6.07, 6.45) is 0. The predicted octanol–water partition coefficient (Wildman–Crippen LogP) is 11.9. The first-order valence-corrected chi connectivity index (χ1v) is 16.6. The van der Waals surface area contributed by atoms with Crippen LogP contribution in [0.1, 0.15) is 0 Å². The smallest absolute Gasteiger partial charge is 0.160 e. The Bertz CT molecular complexity index is 2480. The van der Waals surface area contributed by atoms with Gasteiger partial charge in [0.2, 0.25) is 0 Å². The van der Waals surface area contributed by atoms with E-state index in [4.69, 9.17) is 9.97 Å². The lowest BCUT2D eigenvalue weighted by molar-refractivity contribution is 1.16. The molecule has 0 amide bonds. The molecule has 49 heavy (non-hydrogen) atoms. The van der Waals surface area contributed by atoms with Crippen molar-refractivity contribution in [3.05, 3.63) is 188 Å². The molecule has 0 aliphatic rings. The molecule has 0 aliphatic heterocycles. The Morgan fingerprint density at radius 3 is 1.33 bits per heavy atom. The zero-order valence-electron chi connectivity index (χ0n) is 26.7. The number of hydrogen-bond donors (Lipinski definition) is 0. The molecule has 0 radical (unpaired) electrons. The summed E-state index contributed by atoms with van der Waals surface area (Å²) >= 11 is 0. The van der Waals surface area contributed by atoms with Crippen molar-refractivity contribution in [2.45, 2.75) is 0 Å². The van der Waals surface area contributed by atoms with Gasteiger partial charge in [0.25, 0.3) is 0 Å². The Morgan fingerprint density at radius 2 is 0.755 bits per heavy atom. The van der Waals surface area contributed by atoms with Crippen molar-refractivity contribution < 1.29 is 0 Å². The van der Waals surface area contributed by atoms with Crippen molar-refractivity contribution in [1.82, 2.24) is 14.5 Å². The summed E-state index contributed by atoms with van der Waals surface area (Å²) in [6.45, 7) is 0. The normalized spacial score (nSPS) is 11.3. The fraction of sp³-hybridized carbons (Fsp3) is 0. The number of nitrogens with zero attached hydrogens (tertiary/aromatic N) is 3. The van der Waals surface area contributed by atoms with Crippen LogP contribution in [0.5, 0.6) is 0 Å². The van der Waals surface area contributed by atoms with Crippen LogP contribution in [-0.2, 0) is 0 Å². The van der Waals surface area contributed by atoms with Crippen LogP contribution in [0.15, 0.2) is 188 Å². The van der Waals surface area contributed by atoms with Crippen LogP contribution in [0.4, 0.5) is 0 Å². The molecular weight excluding hydrogens is 595 g/mol. The second kappa shape index (κ2) is 12.2. The molecule has 9 rings (SSSR count). The Balaban J connectivity index is 1.25. The summed E-state index contributed by atoms with van der Waals surface area (Å²) in [6, 6.07) is 66.2. The average Bonchev–Trinajstić information content (AvgIpc) is 3.53. The quantitative estimate of drug-likeness (QED) is 0.184. The fourth-order valence-electron chi connectivity index (χ4n) is 6.83. The predicted molar refractivity (Wildman–Crippen MR) is 204 cm³/mol. The van der Waals surface area contributed by atoms with E-state index in [0.29, 0.717) is 5.82 Å². The van der Waals surface area contributed by atoms with Gasteiger partial charge in [0.15, 0.2) is 5.82 Å². The van der Waals surface area contributed by atoms with Crippen molar-refractivity contribution in [2.75, 3.05) is 0 Å². The second-order valence-corrected chi connectivity index (χ2v) is 12.3. The van der Waals surface area contributed by atoms with Gasteiger partial charge in [-0.25, -0.2) is 9.97 Å². The van der Waals surface area contributed by atoms with E-state index >= 15 is 0 Å². The zero-order valence-corrected chi connectivity index (χ0v) is 26.7. The zero-order chi connectivity index (χ0) is 32.6. The van der Waals surface area contributed by atoms with Gasteiger partial charge in [-0.15, -0.1) is 0 Å². The first-order chi connectivity index (χ1) is 24.3. The number of para-hydroxylation sites is 2. The number of fused-ring (bicyclic) bond motifs is 3. The highest BCUT2D eigenvalue weighted by Crippen LogP contribution is 2.36. The van der Waals surface area contributed by atoms with E-state index in [2.05, 4.69) is 174 Å². The van der Waals surface area contributed by atoms with Gasteiger partial charge < -0.3 is 4.57 Å². The van der Waals surface area contributed by atoms with E-state index in [1.54, 1.807) is 0 Å². The molecular formula is C46H31N3. The Labute approximate surface area is 285 Å². The largest absolute Gasteiger partial charge is 0.309 e. The monoisotopic (exact) mass is 625 g/mol. The number of hydrogen-bond acceptors (Lipinski definition) is 2. The third kappa shape index (κ3) is 5.38. The molecule has 0 spiro atoms. The Hall–Kier alpha value is -6.58. The second-order valence-electron chi connectivity index (χ2n) is 12.3. The van der Waals surface area contributed by atoms with Gasteiger partial charge in [0.05, 0.1) is 22.4 Å². The molecule has 0 fully saturated rings. The van der Waals surface area contributed by atoms with E-state index < -0.39 is 0 Å². The van der Waals surface area contributed by atoms with Crippen LogP contribution in [-0.4, -0.2) is 14.5 Å². The highest BCUT2D eigenvalue weighted by atomic mass is 15.0. The SMILES string of the molecule is c1ccc(-c2cc(-c3ccccc3)cc(-c3cc(-c4cccc(-n5c6ccccc6c6ccccc65)c4)nc(-c4ccccc4)n3)c2)cc1. The highest BCUT2D eigenvalue weighted by molar-refractivity contribution is 6.09. The molecule has 0 N–H and O–H groups in total. The van der Waals surface area contributed by atoms with Crippen molar-refractivity contribution >= 4 is 21.8 Å². The molecule has 230 valence electrons. The van der Waals surface area contributed by atoms with E-state index in [1.165, 1.54) is 21.8 Å². The lowest BCUT2D eigenvalue weighted by Crippen LogP contribution is -1.98. The van der Waals surface area contributed by atoms with Crippen LogP contribution >= 0.6 is 0 Å². The average molecular weight is 626 g/mol. The van der Waals surface area contributed by atoms with E-state index in [-0.39, 0.29) is 0 Å². The minimum absolute atomic E-state index is 0.696. The van der Waals surface area contributed by atoms with Crippen molar-refractivity contribution in [3.8, 4) is 61.8 Å². The third-order valence-corrected chi connectivity index (χ3v) is 9.18. The lowest BCUT2D eigenvalue weighted by Gasteiger charge is -2.14. The van der Waals surface area contributed by atoms with Crippen molar-refractivity contribution in [3.63, 3.8) is 0 Å². The summed E-state index contributed by atoms with van der Waals surface area (Å²) in [4.78, 5) is 10.4. The van der Waals surface area contributed by atoms with E-state index in [1.807, 2.05) is 18.2 Å². The van der Waals surface area contributed by atoms with Gasteiger partial charge in [-0.05, 0) is 70.8 Å². The highest BCUT2D eigenvalue weighted by Gasteiger charge is 2.16. The third-order valence-electron chi connectivity index (χ3n) is 9.18. The van der Waals surface area contributed by atoms with Crippen LogP contribution in [0.2, 0.25) is 0 Å². The lowest BCUT2D eigenvalue weighted by atomic mass is 9.94. The van der Waals surface area contributed by atoms with Crippen molar-refractivity contribution in [2.24, 2.45) is 0 Å². The van der Waals surface area contributed by atoms with Crippen LogP contribution in [0, 0.1) is 0 Å². The molecule has 0 bridgehead atoms. The van der Waals surface area contributed by atoms with Crippen LogP contribution < -0.4 is 0 Å². The molecule has 7 aromatic carbocycles. The molecule has 0 aliphatic carbocycles. The summed E-state index contributed by atoms with van der Waals surface area (Å²) in [5.41, 5.74) is 12.9. The molecule has 0 unspecified atom stereocenters. The minimum atomic E-state index is 0.696. The van der Waals surface area contributed by atoms with Gasteiger partial charge in [-0.1, -0.05) is 140 Å². The molecule has 2 aromatic heterocycles. The maximum Gasteiger partial charge on any atom is 0.160 e. The molecule has 3 nitrogen and oxygen atoms in total. The van der Waals surface area contributed by atoms with Crippen LogP contribution in [0.25, 0.3) is 83.6 Å². The van der Waals surface area contributed by atoms with Gasteiger partial charge in [0.1, 0.15) is 0 Å². The molecule has 3 heteroatoms. The molecule has 9 aromatic rings. The van der Waals surface area contributed by atoms with Crippen molar-refractivity contribution in [1.29, 1.82) is 0 Å². The molecule has 0 saturated heterocycles. The van der Waals surface area contributed by atoms with Gasteiger partial charge >= 0.3 is 0 Å². The molecule has 0 saturated carbocycles. The first-order valence-electron chi connectivity index (χ1n) is 16.6. The maximum atomic E-state index is 5.21. The maximum absolute atomic E-state index is 5.21. The van der Waals surface area contributed by atoms with E-state index in [9.17, 15) is 0 Å². The first kappa shape index (κ1) is 28.6. The molecule has 2 heterocycles. The van der Waals surface area contributed by atoms with E-state index in [0.717, 1.165) is 56.0 Å². The molecule has 0 atom stereocenters. The van der Waals surface area contributed by atoms with Crippen LogP contribution in [0.3, 0.4) is 0 Å². The number of rotatable bonds is 6. The summed E-state index contributed by atoms with van der Waals surface area (Å²) in [5.74, 6) is 0.696. The summed E-state index contributed by atoms with van der Waals surface area (Å²) in [7, 11) is 0. The summed E-state index contributed by atoms with van der Waals surface area (Å²) < 4.78 is 2.35. The topological polar surface area (TPSA) is 30.7 Å². The summed E-state index contributed by atoms with van der Waals surface area (Å²) in [5, 5.41) is 2.48. The standard InChI is InChI=1S/C46H31N3/c1-4-15-32(16-5-1)36-27-37(33-17-6-2-7-18-33)29-38(28-36)43-31-42(47-46(48-43)34-19-8-3-9-20-34)35-21-14-22-39(30-35)49-44-25-12-10-23-40(44)41-24-11-13-26-45(41)49/h1-31H. The Kier molecular flexibility index (Phi) is 7.14. The number of benzene rings is 7. The van der Waals surface area contributed by atoms with Gasteiger partial charge in [-0.3, -0.25) is 0 Å². The van der Waals surface area contributed by atoms with Gasteiger partial charge in [0, 0.05) is 33.2 Å².